The van der Waals surface area contributed by atoms with Gasteiger partial charge in [0, 0.05) is 54.6 Å². The van der Waals surface area contributed by atoms with Gasteiger partial charge in [-0.1, -0.05) is 29.8 Å². The van der Waals surface area contributed by atoms with Crippen molar-refractivity contribution in [3.05, 3.63) is 70.5 Å². The zero-order valence-electron chi connectivity index (χ0n) is 15.2. The minimum absolute atomic E-state index is 0.263. The highest BCUT2D eigenvalue weighted by Gasteiger charge is 2.20. The molecule has 0 unspecified atom stereocenters. The monoisotopic (exact) mass is 394 g/mol. The van der Waals surface area contributed by atoms with E-state index in [-0.39, 0.29) is 6.79 Å². The number of aromatic nitrogens is 2. The van der Waals surface area contributed by atoms with Gasteiger partial charge < -0.3 is 14.8 Å². The highest BCUT2D eigenvalue weighted by molar-refractivity contribution is 6.31. The number of ether oxygens (including phenoxy) is 2. The summed E-state index contributed by atoms with van der Waals surface area (Å²) in [6.45, 7) is 2.86. The van der Waals surface area contributed by atoms with Gasteiger partial charge in [0.1, 0.15) is 0 Å². The van der Waals surface area contributed by atoms with Crippen LogP contribution >= 0.6 is 11.6 Å². The average molecular weight is 395 g/mol. The topological polar surface area (TPSA) is 59.5 Å². The van der Waals surface area contributed by atoms with E-state index in [0.717, 1.165) is 65.1 Å². The van der Waals surface area contributed by atoms with Gasteiger partial charge in [-0.25, -0.2) is 9.97 Å². The highest BCUT2D eigenvalue weighted by Crippen LogP contribution is 2.35. The van der Waals surface area contributed by atoms with Crippen molar-refractivity contribution < 1.29 is 9.47 Å². The largest absolute Gasteiger partial charge is 0.454 e. The van der Waals surface area contributed by atoms with Gasteiger partial charge in [-0.05, 0) is 23.8 Å². The Morgan fingerprint density at radius 2 is 2.00 bits per heavy atom. The maximum absolute atomic E-state index is 6.30. The summed E-state index contributed by atoms with van der Waals surface area (Å²) in [7, 11) is 0. The Labute approximate surface area is 168 Å². The van der Waals surface area contributed by atoms with Crippen LogP contribution in [0.15, 0.2) is 48.7 Å². The third kappa shape index (κ3) is 3.48. The molecule has 1 N–H and O–H groups in total. The van der Waals surface area contributed by atoms with E-state index in [2.05, 4.69) is 21.3 Å². The van der Waals surface area contributed by atoms with Crippen LogP contribution in [0.4, 0.5) is 11.6 Å². The van der Waals surface area contributed by atoms with Crippen LogP contribution in [0, 0.1) is 0 Å². The van der Waals surface area contributed by atoms with Crippen LogP contribution in [0.5, 0.6) is 11.5 Å². The number of rotatable bonds is 4. The van der Waals surface area contributed by atoms with Crippen LogP contribution in [0.3, 0.4) is 0 Å². The van der Waals surface area contributed by atoms with E-state index < -0.39 is 0 Å². The van der Waals surface area contributed by atoms with Crippen molar-refractivity contribution in [3.63, 3.8) is 0 Å². The molecule has 6 nitrogen and oxygen atoms in total. The molecule has 142 valence electrons. The van der Waals surface area contributed by atoms with Crippen molar-refractivity contribution >= 4 is 23.2 Å². The Morgan fingerprint density at radius 1 is 1.11 bits per heavy atom. The molecular weight excluding hydrogens is 376 g/mol. The molecular formula is C21H19ClN4O2. The maximum Gasteiger partial charge on any atom is 0.231 e. The minimum Gasteiger partial charge on any atom is -0.454 e. The molecule has 5 rings (SSSR count). The van der Waals surface area contributed by atoms with E-state index in [1.807, 2.05) is 42.6 Å². The quantitative estimate of drug-likeness (QED) is 0.717. The standard InChI is InChI=1S/C21H19ClN4O2/c22-17-4-2-1-3-14(17)11-26-8-7-18-15(12-26)10-23-21(25-18)24-16-5-6-19-20(9-16)28-13-27-19/h1-6,9-10H,7-8,11-13H2,(H,23,24,25). The molecule has 0 saturated carbocycles. The number of hydrogen-bond acceptors (Lipinski definition) is 6. The first kappa shape index (κ1) is 17.3. The van der Waals surface area contributed by atoms with Crippen LogP contribution in [-0.2, 0) is 19.5 Å². The van der Waals surface area contributed by atoms with Crippen molar-refractivity contribution in [1.29, 1.82) is 0 Å². The number of nitrogens with one attached hydrogen (secondary N) is 1. The molecule has 0 spiro atoms. The molecule has 1 aromatic heterocycles. The summed E-state index contributed by atoms with van der Waals surface area (Å²) >= 11 is 6.30. The van der Waals surface area contributed by atoms with Gasteiger partial charge in [0.2, 0.25) is 12.7 Å². The molecule has 7 heteroatoms. The van der Waals surface area contributed by atoms with Gasteiger partial charge in [-0.15, -0.1) is 0 Å². The number of nitrogens with zero attached hydrogens (tertiary/aromatic N) is 3. The van der Waals surface area contributed by atoms with Crippen molar-refractivity contribution in [2.75, 3.05) is 18.7 Å². The second-order valence-corrected chi connectivity index (χ2v) is 7.32. The number of fused-ring (bicyclic) bond motifs is 2. The minimum atomic E-state index is 0.263. The van der Waals surface area contributed by atoms with E-state index >= 15 is 0 Å². The van der Waals surface area contributed by atoms with Gasteiger partial charge in [0.15, 0.2) is 11.5 Å². The van der Waals surface area contributed by atoms with Crippen LogP contribution in [0.25, 0.3) is 0 Å². The lowest BCUT2D eigenvalue weighted by Crippen LogP contribution is -2.31. The number of anilines is 2. The third-order valence-electron chi connectivity index (χ3n) is 4.99. The third-order valence-corrected chi connectivity index (χ3v) is 5.36. The normalized spacial score (nSPS) is 15.3. The van der Waals surface area contributed by atoms with Crippen molar-refractivity contribution in [1.82, 2.24) is 14.9 Å². The summed E-state index contributed by atoms with van der Waals surface area (Å²) in [5, 5.41) is 4.07. The fraction of sp³-hybridized carbons (Fsp3) is 0.238. The second kappa shape index (κ2) is 7.30. The summed E-state index contributed by atoms with van der Waals surface area (Å²) in [5.41, 5.74) is 4.28. The summed E-state index contributed by atoms with van der Waals surface area (Å²) in [5.74, 6) is 2.09. The molecule has 0 amide bonds. The lowest BCUT2D eigenvalue weighted by molar-refractivity contribution is 0.174. The zero-order valence-corrected chi connectivity index (χ0v) is 15.9. The molecule has 0 aliphatic carbocycles. The Kier molecular flexibility index (Phi) is 4.50. The molecule has 3 aromatic rings. The fourth-order valence-corrected chi connectivity index (χ4v) is 3.74. The molecule has 0 fully saturated rings. The number of hydrogen-bond donors (Lipinski definition) is 1. The fourth-order valence-electron chi connectivity index (χ4n) is 3.54. The molecule has 28 heavy (non-hydrogen) atoms. The Morgan fingerprint density at radius 3 is 2.93 bits per heavy atom. The van der Waals surface area contributed by atoms with Crippen LogP contribution in [-0.4, -0.2) is 28.2 Å². The second-order valence-electron chi connectivity index (χ2n) is 6.91. The van der Waals surface area contributed by atoms with Gasteiger partial charge in [0.05, 0.1) is 5.69 Å². The number of halogens is 1. The predicted octanol–water partition coefficient (Wildman–Crippen LogP) is 4.16. The van der Waals surface area contributed by atoms with Gasteiger partial charge >= 0.3 is 0 Å². The molecule has 0 radical (unpaired) electrons. The molecule has 2 aliphatic heterocycles. The van der Waals surface area contributed by atoms with Crippen molar-refractivity contribution in [3.8, 4) is 11.5 Å². The Balaban J connectivity index is 1.29. The lowest BCUT2D eigenvalue weighted by atomic mass is 10.1. The smallest absolute Gasteiger partial charge is 0.231 e. The molecule has 2 aromatic carbocycles. The van der Waals surface area contributed by atoms with E-state index in [4.69, 9.17) is 26.1 Å². The summed E-state index contributed by atoms with van der Waals surface area (Å²) in [6.07, 6.45) is 2.80. The zero-order chi connectivity index (χ0) is 18.9. The van der Waals surface area contributed by atoms with Gasteiger partial charge in [0.25, 0.3) is 0 Å². The van der Waals surface area contributed by atoms with Crippen molar-refractivity contribution in [2.45, 2.75) is 19.5 Å². The van der Waals surface area contributed by atoms with Crippen LogP contribution < -0.4 is 14.8 Å². The SMILES string of the molecule is Clc1ccccc1CN1CCc2nc(Nc3ccc4c(c3)OCO4)ncc2C1. The average Bonchev–Trinajstić information content (AvgIpc) is 3.18. The van der Waals surface area contributed by atoms with Crippen molar-refractivity contribution in [2.24, 2.45) is 0 Å². The Bertz CT molecular complexity index is 1030. The van der Waals surface area contributed by atoms with Gasteiger partial charge in [-0.2, -0.15) is 0 Å². The van der Waals surface area contributed by atoms with E-state index in [1.54, 1.807) is 0 Å². The predicted molar refractivity (Wildman–Crippen MR) is 107 cm³/mol. The maximum atomic E-state index is 6.30. The number of benzene rings is 2. The van der Waals surface area contributed by atoms with Gasteiger partial charge in [-0.3, -0.25) is 4.90 Å². The lowest BCUT2D eigenvalue weighted by Gasteiger charge is -2.28. The highest BCUT2D eigenvalue weighted by atomic mass is 35.5. The molecule has 2 aliphatic rings. The summed E-state index contributed by atoms with van der Waals surface area (Å²) in [4.78, 5) is 11.6. The molecule has 3 heterocycles. The summed E-state index contributed by atoms with van der Waals surface area (Å²) < 4.78 is 10.8. The Hall–Kier alpha value is -2.83. The van der Waals surface area contributed by atoms with E-state index in [1.165, 1.54) is 0 Å². The van der Waals surface area contributed by atoms with E-state index in [9.17, 15) is 0 Å². The molecule has 0 atom stereocenters. The first-order valence-corrected chi connectivity index (χ1v) is 9.59. The first-order chi connectivity index (χ1) is 13.7. The first-order valence-electron chi connectivity index (χ1n) is 9.22. The molecule has 0 bridgehead atoms. The van der Waals surface area contributed by atoms with Crippen LogP contribution in [0.1, 0.15) is 16.8 Å². The van der Waals surface area contributed by atoms with E-state index in [0.29, 0.717) is 5.95 Å². The summed E-state index contributed by atoms with van der Waals surface area (Å²) in [6, 6.07) is 13.7. The van der Waals surface area contributed by atoms with Crippen LogP contribution in [0.2, 0.25) is 5.02 Å². The molecule has 0 saturated heterocycles.